The standard InChI is InChI=1S/C23H22N4O/c1-15-7-11-19(12-8-15)25-23(28)16(2)24-18-13-9-17(10-14-18)22-26-20-5-3-4-6-21(20)27-22/h3-14,16,24H,1-2H3,(H,25,28)(H,26,27)/t16-/m0/s1. The second kappa shape index (κ2) is 7.56. The normalized spacial score (nSPS) is 11.9. The highest BCUT2D eigenvalue weighted by molar-refractivity contribution is 5.96. The number of nitrogens with one attached hydrogen (secondary N) is 3. The van der Waals surface area contributed by atoms with Gasteiger partial charge in [0.05, 0.1) is 11.0 Å². The minimum absolute atomic E-state index is 0.0785. The molecule has 0 spiro atoms. The molecule has 4 aromatic rings. The zero-order chi connectivity index (χ0) is 19.5. The smallest absolute Gasteiger partial charge is 0.246 e. The molecule has 0 unspecified atom stereocenters. The van der Waals surface area contributed by atoms with E-state index < -0.39 is 0 Å². The van der Waals surface area contributed by atoms with Crippen LogP contribution in [0.4, 0.5) is 11.4 Å². The summed E-state index contributed by atoms with van der Waals surface area (Å²) in [6, 6.07) is 23.3. The number of H-pyrrole nitrogens is 1. The molecule has 0 saturated carbocycles. The van der Waals surface area contributed by atoms with Crippen LogP contribution in [0.5, 0.6) is 0 Å². The number of para-hydroxylation sites is 2. The number of nitrogens with zero attached hydrogens (tertiary/aromatic N) is 1. The summed E-state index contributed by atoms with van der Waals surface area (Å²) in [6.45, 7) is 3.86. The molecule has 0 aliphatic rings. The first-order valence-electron chi connectivity index (χ1n) is 9.28. The van der Waals surface area contributed by atoms with Gasteiger partial charge in [-0.05, 0) is 62.4 Å². The van der Waals surface area contributed by atoms with Gasteiger partial charge in [-0.15, -0.1) is 0 Å². The molecule has 0 aliphatic heterocycles. The summed E-state index contributed by atoms with van der Waals surface area (Å²) < 4.78 is 0. The average Bonchev–Trinajstić information content (AvgIpc) is 3.14. The monoisotopic (exact) mass is 370 g/mol. The number of hydrogen-bond donors (Lipinski definition) is 3. The van der Waals surface area contributed by atoms with E-state index in [-0.39, 0.29) is 11.9 Å². The van der Waals surface area contributed by atoms with E-state index >= 15 is 0 Å². The molecule has 0 radical (unpaired) electrons. The zero-order valence-electron chi connectivity index (χ0n) is 15.9. The van der Waals surface area contributed by atoms with Crippen LogP contribution in [0.25, 0.3) is 22.4 Å². The third-order valence-electron chi connectivity index (χ3n) is 4.64. The van der Waals surface area contributed by atoms with Crippen LogP contribution in [-0.4, -0.2) is 21.9 Å². The van der Waals surface area contributed by atoms with E-state index in [2.05, 4.69) is 20.6 Å². The van der Waals surface area contributed by atoms with Crippen molar-refractivity contribution in [1.82, 2.24) is 9.97 Å². The molecule has 5 nitrogen and oxygen atoms in total. The number of imidazole rings is 1. The van der Waals surface area contributed by atoms with Crippen molar-refractivity contribution in [2.45, 2.75) is 19.9 Å². The van der Waals surface area contributed by atoms with Gasteiger partial charge < -0.3 is 15.6 Å². The lowest BCUT2D eigenvalue weighted by Gasteiger charge is -2.15. The van der Waals surface area contributed by atoms with Gasteiger partial charge in [-0.1, -0.05) is 29.8 Å². The number of hydrogen-bond acceptors (Lipinski definition) is 3. The van der Waals surface area contributed by atoms with Crippen LogP contribution in [-0.2, 0) is 4.79 Å². The quantitative estimate of drug-likeness (QED) is 0.464. The molecule has 1 aromatic heterocycles. The maximum absolute atomic E-state index is 12.4. The predicted octanol–water partition coefficient (Wildman–Crippen LogP) is 4.98. The predicted molar refractivity (Wildman–Crippen MR) is 114 cm³/mol. The van der Waals surface area contributed by atoms with Crippen LogP contribution in [0.3, 0.4) is 0 Å². The van der Waals surface area contributed by atoms with Gasteiger partial charge in [-0.2, -0.15) is 0 Å². The zero-order valence-corrected chi connectivity index (χ0v) is 15.9. The number of fused-ring (bicyclic) bond motifs is 1. The van der Waals surface area contributed by atoms with E-state index in [9.17, 15) is 4.79 Å². The maximum atomic E-state index is 12.4. The SMILES string of the molecule is Cc1ccc(NC(=O)[C@H](C)Nc2ccc(-c3nc4ccccc4[nH]3)cc2)cc1. The molecule has 0 bridgehead atoms. The van der Waals surface area contributed by atoms with Crippen LogP contribution >= 0.6 is 0 Å². The summed E-state index contributed by atoms with van der Waals surface area (Å²) in [5.41, 5.74) is 5.80. The first kappa shape index (κ1) is 17.8. The van der Waals surface area contributed by atoms with E-state index in [4.69, 9.17) is 0 Å². The highest BCUT2D eigenvalue weighted by Gasteiger charge is 2.13. The molecule has 28 heavy (non-hydrogen) atoms. The number of carbonyl (C=O) groups is 1. The van der Waals surface area contributed by atoms with Gasteiger partial charge in [0.25, 0.3) is 0 Å². The van der Waals surface area contributed by atoms with Gasteiger partial charge in [-0.3, -0.25) is 4.79 Å². The molecule has 0 fully saturated rings. The van der Waals surface area contributed by atoms with Gasteiger partial charge in [0, 0.05) is 16.9 Å². The minimum Gasteiger partial charge on any atom is -0.374 e. The third-order valence-corrected chi connectivity index (χ3v) is 4.64. The first-order chi connectivity index (χ1) is 13.6. The number of aromatic amines is 1. The van der Waals surface area contributed by atoms with E-state index in [1.165, 1.54) is 0 Å². The number of benzene rings is 3. The lowest BCUT2D eigenvalue weighted by Crippen LogP contribution is -2.31. The van der Waals surface area contributed by atoms with Crippen LogP contribution < -0.4 is 10.6 Å². The lowest BCUT2D eigenvalue weighted by molar-refractivity contribution is -0.116. The van der Waals surface area contributed by atoms with Crippen LogP contribution in [0, 0.1) is 6.92 Å². The van der Waals surface area contributed by atoms with Crippen molar-refractivity contribution in [2.75, 3.05) is 10.6 Å². The summed E-state index contributed by atoms with van der Waals surface area (Å²) >= 11 is 0. The Morgan fingerprint density at radius 2 is 1.61 bits per heavy atom. The van der Waals surface area contributed by atoms with E-state index in [0.717, 1.165) is 39.4 Å². The average molecular weight is 370 g/mol. The van der Waals surface area contributed by atoms with Crippen molar-refractivity contribution in [1.29, 1.82) is 0 Å². The molecule has 3 aromatic carbocycles. The fraction of sp³-hybridized carbons (Fsp3) is 0.130. The molecule has 3 N–H and O–H groups in total. The summed E-state index contributed by atoms with van der Waals surface area (Å²) in [6.07, 6.45) is 0. The number of rotatable bonds is 5. The maximum Gasteiger partial charge on any atom is 0.246 e. The van der Waals surface area contributed by atoms with Crippen molar-refractivity contribution in [3.05, 3.63) is 78.4 Å². The number of aryl methyl sites for hydroxylation is 1. The molecule has 5 heteroatoms. The molecular formula is C23H22N4O. The topological polar surface area (TPSA) is 69.8 Å². The van der Waals surface area contributed by atoms with Crippen molar-refractivity contribution in [3.63, 3.8) is 0 Å². The van der Waals surface area contributed by atoms with Crippen molar-refractivity contribution < 1.29 is 4.79 Å². The molecule has 1 heterocycles. The summed E-state index contributed by atoms with van der Waals surface area (Å²) in [5.74, 6) is 0.753. The van der Waals surface area contributed by atoms with E-state index in [1.807, 2.05) is 86.6 Å². The summed E-state index contributed by atoms with van der Waals surface area (Å²) in [4.78, 5) is 20.3. The van der Waals surface area contributed by atoms with Crippen LogP contribution in [0.2, 0.25) is 0 Å². The van der Waals surface area contributed by atoms with Crippen molar-refractivity contribution in [3.8, 4) is 11.4 Å². The highest BCUT2D eigenvalue weighted by Crippen LogP contribution is 2.22. The Kier molecular flexibility index (Phi) is 4.81. The number of aromatic nitrogens is 2. The van der Waals surface area contributed by atoms with Crippen LogP contribution in [0.15, 0.2) is 72.8 Å². The van der Waals surface area contributed by atoms with Gasteiger partial charge in [-0.25, -0.2) is 4.98 Å². The molecule has 140 valence electrons. The second-order valence-electron chi connectivity index (χ2n) is 6.90. The molecule has 1 amide bonds. The largest absolute Gasteiger partial charge is 0.374 e. The van der Waals surface area contributed by atoms with Crippen molar-refractivity contribution in [2.24, 2.45) is 0 Å². The van der Waals surface area contributed by atoms with Crippen molar-refractivity contribution >= 4 is 28.3 Å². The van der Waals surface area contributed by atoms with E-state index in [0.29, 0.717) is 0 Å². The van der Waals surface area contributed by atoms with Gasteiger partial charge in [0.2, 0.25) is 5.91 Å². The number of amides is 1. The van der Waals surface area contributed by atoms with Gasteiger partial charge >= 0.3 is 0 Å². The molecule has 0 saturated heterocycles. The number of carbonyl (C=O) groups excluding carboxylic acids is 1. The van der Waals surface area contributed by atoms with Gasteiger partial charge in [0.15, 0.2) is 0 Å². The molecule has 1 atom stereocenters. The fourth-order valence-corrected chi connectivity index (χ4v) is 3.02. The van der Waals surface area contributed by atoms with E-state index in [1.54, 1.807) is 0 Å². The Morgan fingerprint density at radius 1 is 0.929 bits per heavy atom. The molecule has 4 rings (SSSR count). The number of anilines is 2. The lowest BCUT2D eigenvalue weighted by atomic mass is 10.2. The molecular weight excluding hydrogens is 348 g/mol. The highest BCUT2D eigenvalue weighted by atomic mass is 16.2. The van der Waals surface area contributed by atoms with Gasteiger partial charge in [0.1, 0.15) is 11.9 Å². The Labute approximate surface area is 163 Å². The Morgan fingerprint density at radius 3 is 2.32 bits per heavy atom. The first-order valence-corrected chi connectivity index (χ1v) is 9.28. The third kappa shape index (κ3) is 3.88. The fourth-order valence-electron chi connectivity index (χ4n) is 3.02. The Balaban J connectivity index is 1.42. The second-order valence-corrected chi connectivity index (χ2v) is 6.90. The Hall–Kier alpha value is -3.60. The summed E-state index contributed by atoms with van der Waals surface area (Å²) in [5, 5.41) is 6.16. The molecule has 0 aliphatic carbocycles. The van der Waals surface area contributed by atoms with Crippen LogP contribution in [0.1, 0.15) is 12.5 Å². The Bertz CT molecular complexity index is 1060. The summed E-state index contributed by atoms with van der Waals surface area (Å²) in [7, 11) is 0. The minimum atomic E-state index is -0.363.